The number of anilines is 2. The second-order valence-corrected chi connectivity index (χ2v) is 9.06. The lowest BCUT2D eigenvalue weighted by Crippen LogP contribution is -2.66. The van der Waals surface area contributed by atoms with Crippen molar-refractivity contribution in [2.45, 2.75) is 57.4 Å². The van der Waals surface area contributed by atoms with Crippen LogP contribution < -0.4 is 9.80 Å². The topological polar surface area (TPSA) is 72.8 Å². The highest BCUT2D eigenvalue weighted by atomic mass is 35.5. The number of ether oxygens (including phenoxy) is 3. The molecular weight excluding hydrogens is 370 g/mol. The molecule has 0 unspecified atom stereocenters. The van der Waals surface area contributed by atoms with Crippen molar-refractivity contribution in [3.05, 3.63) is 5.28 Å². The molecule has 3 fully saturated rings. The van der Waals surface area contributed by atoms with Crippen LogP contribution in [0.4, 0.5) is 11.9 Å². The van der Waals surface area contributed by atoms with Crippen LogP contribution in [-0.2, 0) is 14.2 Å². The first kappa shape index (κ1) is 19.1. The Labute approximate surface area is 165 Å². The van der Waals surface area contributed by atoms with Gasteiger partial charge in [0.1, 0.15) is 0 Å². The van der Waals surface area contributed by atoms with Gasteiger partial charge >= 0.3 is 0 Å². The summed E-state index contributed by atoms with van der Waals surface area (Å²) in [5, 5.41) is 0.210. The molecule has 1 spiro atoms. The Morgan fingerprint density at radius 1 is 0.815 bits per heavy atom. The average Bonchev–Trinajstić information content (AvgIpc) is 2.99. The third kappa shape index (κ3) is 3.60. The zero-order valence-corrected chi connectivity index (χ0v) is 17.3. The maximum absolute atomic E-state index is 6.30. The van der Waals surface area contributed by atoms with Crippen molar-refractivity contribution in [1.82, 2.24) is 15.0 Å². The van der Waals surface area contributed by atoms with Gasteiger partial charge in [0.2, 0.25) is 17.2 Å². The van der Waals surface area contributed by atoms with Crippen LogP contribution in [0.3, 0.4) is 0 Å². The zero-order chi connectivity index (χ0) is 19.3. The van der Waals surface area contributed by atoms with Crippen LogP contribution in [0.25, 0.3) is 0 Å². The highest BCUT2D eigenvalue weighted by Gasteiger charge is 2.56. The van der Waals surface area contributed by atoms with E-state index in [4.69, 9.17) is 30.8 Å². The molecule has 0 radical (unpaired) electrons. The summed E-state index contributed by atoms with van der Waals surface area (Å²) < 4.78 is 17.5. The zero-order valence-electron chi connectivity index (χ0n) is 16.5. The molecule has 0 aliphatic carbocycles. The molecule has 4 heterocycles. The van der Waals surface area contributed by atoms with Gasteiger partial charge in [0.15, 0.2) is 5.79 Å². The Morgan fingerprint density at radius 2 is 1.37 bits per heavy atom. The highest BCUT2D eigenvalue weighted by Crippen LogP contribution is 2.48. The SMILES string of the molecule is CC1(C)CC2(CC(C)(C)N1c1nc(Cl)nc(N3CCOCC3)n1)OCCO2. The largest absolute Gasteiger partial charge is 0.378 e. The fraction of sp³-hybridized carbons (Fsp3) is 0.833. The summed E-state index contributed by atoms with van der Waals surface area (Å²) in [6, 6.07) is 0. The summed E-state index contributed by atoms with van der Waals surface area (Å²) in [5.41, 5.74) is -0.557. The molecule has 3 aliphatic heterocycles. The van der Waals surface area contributed by atoms with E-state index in [0.29, 0.717) is 38.3 Å². The average molecular weight is 398 g/mol. The molecule has 0 amide bonds. The predicted molar refractivity (Wildman–Crippen MR) is 102 cm³/mol. The molecule has 0 N–H and O–H groups in total. The van der Waals surface area contributed by atoms with Gasteiger partial charge in [-0.2, -0.15) is 15.0 Å². The third-order valence-corrected chi connectivity index (χ3v) is 5.68. The maximum atomic E-state index is 6.30. The molecule has 0 atom stereocenters. The van der Waals surface area contributed by atoms with Crippen molar-refractivity contribution >= 4 is 23.5 Å². The van der Waals surface area contributed by atoms with Gasteiger partial charge in [-0.1, -0.05) is 0 Å². The number of hydrogen-bond donors (Lipinski definition) is 0. The number of hydrogen-bond acceptors (Lipinski definition) is 8. The van der Waals surface area contributed by atoms with Crippen LogP contribution in [0.5, 0.6) is 0 Å². The molecule has 9 heteroatoms. The summed E-state index contributed by atoms with van der Waals surface area (Å²) in [6.07, 6.45) is 1.47. The molecule has 27 heavy (non-hydrogen) atoms. The van der Waals surface area contributed by atoms with Gasteiger partial charge in [-0.25, -0.2) is 0 Å². The van der Waals surface area contributed by atoms with E-state index in [1.54, 1.807) is 0 Å². The van der Waals surface area contributed by atoms with Gasteiger partial charge in [-0.3, -0.25) is 0 Å². The summed E-state index contributed by atoms with van der Waals surface area (Å²) in [6.45, 7) is 12.8. The highest BCUT2D eigenvalue weighted by molar-refractivity contribution is 6.28. The number of rotatable bonds is 2. The van der Waals surface area contributed by atoms with E-state index in [0.717, 1.165) is 25.9 Å². The van der Waals surface area contributed by atoms with Crippen molar-refractivity contribution in [3.8, 4) is 0 Å². The molecule has 3 saturated heterocycles. The van der Waals surface area contributed by atoms with Gasteiger partial charge < -0.3 is 24.0 Å². The standard InChI is InChI=1S/C18H28ClN5O3/c1-16(2)11-18(26-9-10-27-18)12-17(3,4)24(16)15-21-13(19)20-14(22-15)23-5-7-25-8-6-23/h5-12H2,1-4H3. The lowest BCUT2D eigenvalue weighted by molar-refractivity contribution is -0.198. The van der Waals surface area contributed by atoms with Crippen LogP contribution in [0.1, 0.15) is 40.5 Å². The monoisotopic (exact) mass is 397 g/mol. The first-order chi connectivity index (χ1) is 12.7. The van der Waals surface area contributed by atoms with Crippen LogP contribution in [-0.4, -0.2) is 71.3 Å². The van der Waals surface area contributed by atoms with Crippen LogP contribution in [0.2, 0.25) is 5.28 Å². The van der Waals surface area contributed by atoms with Crippen molar-refractivity contribution < 1.29 is 14.2 Å². The molecule has 4 rings (SSSR count). The first-order valence-electron chi connectivity index (χ1n) is 9.53. The number of halogens is 1. The predicted octanol–water partition coefficient (Wildman–Crippen LogP) is 2.26. The van der Waals surface area contributed by atoms with Crippen molar-refractivity contribution in [1.29, 1.82) is 0 Å². The van der Waals surface area contributed by atoms with Crippen molar-refractivity contribution in [2.24, 2.45) is 0 Å². The van der Waals surface area contributed by atoms with E-state index in [2.05, 4.69) is 47.5 Å². The summed E-state index contributed by atoms with van der Waals surface area (Å²) >= 11 is 6.30. The Bertz CT molecular complexity index is 682. The van der Waals surface area contributed by atoms with E-state index < -0.39 is 5.79 Å². The normalized spacial score (nSPS) is 26.6. The lowest BCUT2D eigenvalue weighted by Gasteiger charge is -2.57. The van der Waals surface area contributed by atoms with E-state index in [9.17, 15) is 0 Å². The second-order valence-electron chi connectivity index (χ2n) is 8.73. The smallest absolute Gasteiger partial charge is 0.232 e. The van der Waals surface area contributed by atoms with Gasteiger partial charge in [-0.05, 0) is 39.3 Å². The molecule has 0 bridgehead atoms. The van der Waals surface area contributed by atoms with Crippen molar-refractivity contribution in [2.75, 3.05) is 49.3 Å². The lowest BCUT2D eigenvalue weighted by atomic mass is 9.76. The molecule has 1 aromatic heterocycles. The fourth-order valence-corrected chi connectivity index (χ4v) is 5.09. The van der Waals surface area contributed by atoms with Crippen LogP contribution in [0.15, 0.2) is 0 Å². The Kier molecular flexibility index (Phi) is 4.73. The molecule has 0 saturated carbocycles. The van der Waals surface area contributed by atoms with E-state index >= 15 is 0 Å². The number of nitrogens with zero attached hydrogens (tertiary/aromatic N) is 5. The quantitative estimate of drug-likeness (QED) is 0.752. The first-order valence-corrected chi connectivity index (χ1v) is 9.91. The molecule has 0 aromatic carbocycles. The number of aromatic nitrogens is 3. The van der Waals surface area contributed by atoms with Gasteiger partial charge in [0.05, 0.1) is 26.4 Å². The molecule has 1 aromatic rings. The molecule has 3 aliphatic rings. The van der Waals surface area contributed by atoms with E-state index in [-0.39, 0.29) is 16.4 Å². The molecular formula is C18H28ClN5O3. The van der Waals surface area contributed by atoms with Gasteiger partial charge in [0, 0.05) is 37.0 Å². The Morgan fingerprint density at radius 3 is 1.96 bits per heavy atom. The van der Waals surface area contributed by atoms with Gasteiger partial charge in [0.25, 0.3) is 0 Å². The summed E-state index contributed by atoms with van der Waals surface area (Å²) in [4.78, 5) is 18.0. The molecule has 150 valence electrons. The van der Waals surface area contributed by atoms with E-state index in [1.807, 2.05) is 0 Å². The summed E-state index contributed by atoms with van der Waals surface area (Å²) in [7, 11) is 0. The third-order valence-electron chi connectivity index (χ3n) is 5.51. The minimum absolute atomic E-state index is 0.210. The minimum atomic E-state index is -0.534. The van der Waals surface area contributed by atoms with Crippen molar-refractivity contribution in [3.63, 3.8) is 0 Å². The Hall–Kier alpha value is -1.22. The number of morpholine rings is 1. The minimum Gasteiger partial charge on any atom is -0.378 e. The Balaban J connectivity index is 1.70. The van der Waals surface area contributed by atoms with Gasteiger partial charge in [-0.15, -0.1) is 0 Å². The second kappa shape index (κ2) is 6.69. The summed E-state index contributed by atoms with van der Waals surface area (Å²) in [5.74, 6) is 0.667. The van der Waals surface area contributed by atoms with E-state index in [1.165, 1.54) is 0 Å². The maximum Gasteiger partial charge on any atom is 0.232 e. The van der Waals surface area contributed by atoms with Crippen LogP contribution >= 0.6 is 11.6 Å². The fourth-order valence-electron chi connectivity index (χ4n) is 4.94. The van der Waals surface area contributed by atoms with Crippen LogP contribution in [0, 0.1) is 0 Å². The number of piperidine rings is 1. The molecule has 8 nitrogen and oxygen atoms in total.